The van der Waals surface area contributed by atoms with Gasteiger partial charge in [-0.25, -0.2) is 14.4 Å². The Morgan fingerprint density at radius 3 is 2.80 bits per heavy atom. The van der Waals surface area contributed by atoms with Crippen LogP contribution in [0.15, 0.2) is 48.8 Å². The van der Waals surface area contributed by atoms with Crippen molar-refractivity contribution in [2.45, 2.75) is 13.3 Å². The number of carbonyl (C=O) groups is 1. The SMILES string of the molecule is C/C=C/C(=O)Nc1cc2c(Nc3ccc(F)c(Cl)c3)ncnc2cc1OCCC1[C@H]2CN(C)C[C@@H]12. The molecule has 2 fully saturated rings. The van der Waals surface area contributed by atoms with Crippen LogP contribution in [0, 0.1) is 23.6 Å². The summed E-state index contributed by atoms with van der Waals surface area (Å²) in [6, 6.07) is 7.95. The molecule has 0 bridgehead atoms. The number of piperidine rings is 1. The highest BCUT2D eigenvalue weighted by molar-refractivity contribution is 6.31. The Kier molecular flexibility index (Phi) is 6.58. The van der Waals surface area contributed by atoms with E-state index in [-0.39, 0.29) is 10.9 Å². The molecule has 1 unspecified atom stereocenters. The molecule has 0 radical (unpaired) electrons. The van der Waals surface area contributed by atoms with Crippen LogP contribution in [0.2, 0.25) is 5.02 Å². The largest absolute Gasteiger partial charge is 0.491 e. The minimum absolute atomic E-state index is 0.00907. The van der Waals surface area contributed by atoms with Crippen molar-refractivity contribution in [2.24, 2.45) is 17.8 Å². The molecule has 1 aliphatic carbocycles. The fourth-order valence-electron chi connectivity index (χ4n) is 5.03. The first-order valence-corrected chi connectivity index (χ1v) is 12.1. The second-order valence-corrected chi connectivity index (χ2v) is 9.59. The van der Waals surface area contributed by atoms with Crippen LogP contribution in [0.4, 0.5) is 21.6 Å². The summed E-state index contributed by atoms with van der Waals surface area (Å²) in [6.45, 7) is 4.69. The van der Waals surface area contributed by atoms with Gasteiger partial charge in [-0.3, -0.25) is 4.79 Å². The monoisotopic (exact) mass is 495 g/mol. The number of aromatic nitrogens is 2. The minimum atomic E-state index is -0.498. The van der Waals surface area contributed by atoms with Crippen molar-refractivity contribution < 1.29 is 13.9 Å². The van der Waals surface area contributed by atoms with E-state index in [0.29, 0.717) is 46.4 Å². The van der Waals surface area contributed by atoms with Crippen molar-refractivity contribution in [3.63, 3.8) is 0 Å². The van der Waals surface area contributed by atoms with Gasteiger partial charge in [-0.1, -0.05) is 17.7 Å². The average molecular weight is 496 g/mol. The second kappa shape index (κ2) is 9.79. The molecule has 3 aromatic rings. The molecule has 7 nitrogen and oxygen atoms in total. The first-order chi connectivity index (χ1) is 16.9. The number of hydrogen-bond acceptors (Lipinski definition) is 6. The van der Waals surface area contributed by atoms with Crippen molar-refractivity contribution in [1.29, 1.82) is 0 Å². The summed E-state index contributed by atoms with van der Waals surface area (Å²) in [7, 11) is 2.17. The third-order valence-corrected chi connectivity index (χ3v) is 7.05. The number of allylic oxidation sites excluding steroid dienone is 1. The number of nitrogens with one attached hydrogen (secondary N) is 2. The predicted molar refractivity (Wildman–Crippen MR) is 136 cm³/mol. The van der Waals surface area contributed by atoms with Gasteiger partial charge >= 0.3 is 0 Å². The van der Waals surface area contributed by atoms with Gasteiger partial charge in [0.25, 0.3) is 0 Å². The highest BCUT2D eigenvalue weighted by Crippen LogP contribution is 2.53. The lowest BCUT2D eigenvalue weighted by molar-refractivity contribution is -0.111. The molecule has 2 aliphatic rings. The summed E-state index contributed by atoms with van der Waals surface area (Å²) >= 11 is 5.92. The number of benzene rings is 2. The number of amides is 1. The van der Waals surface area contributed by atoms with Crippen LogP contribution < -0.4 is 15.4 Å². The highest BCUT2D eigenvalue weighted by atomic mass is 35.5. The Labute approximate surface area is 208 Å². The quantitative estimate of drug-likeness (QED) is 0.415. The predicted octanol–water partition coefficient (Wildman–Crippen LogP) is 5.26. The van der Waals surface area contributed by atoms with Gasteiger partial charge in [0.05, 0.1) is 22.8 Å². The molecule has 35 heavy (non-hydrogen) atoms. The first kappa shape index (κ1) is 23.5. The van der Waals surface area contributed by atoms with E-state index < -0.39 is 5.82 Å². The third-order valence-electron chi connectivity index (χ3n) is 6.76. The normalized spacial score (nSPS) is 21.3. The molecule has 3 atom stereocenters. The maximum atomic E-state index is 13.6. The molecule has 1 amide bonds. The van der Waals surface area contributed by atoms with Crippen LogP contribution in [0.3, 0.4) is 0 Å². The standard InChI is InChI=1S/C26H27ClFN5O2/c1-3-4-25(34)32-23-10-17-22(11-24(23)35-8-7-16-18-12-33(2)13-19(16)18)29-14-30-26(17)31-15-5-6-21(28)20(27)9-15/h3-6,9-11,14,16,18-19H,7-8,12-13H2,1-2H3,(H,32,34)(H,29,30,31)/b4-3+/t16?,18-,19+. The van der Waals surface area contributed by atoms with Crippen LogP contribution in [0.5, 0.6) is 5.75 Å². The third kappa shape index (κ3) is 5.09. The zero-order chi connectivity index (χ0) is 24.5. The lowest BCUT2D eigenvalue weighted by atomic mass is 10.1. The smallest absolute Gasteiger partial charge is 0.248 e. The zero-order valence-electron chi connectivity index (χ0n) is 19.6. The van der Waals surface area contributed by atoms with E-state index in [4.69, 9.17) is 16.3 Å². The van der Waals surface area contributed by atoms with E-state index in [1.807, 2.05) is 6.07 Å². The van der Waals surface area contributed by atoms with Gasteiger partial charge in [0.2, 0.25) is 5.91 Å². The topological polar surface area (TPSA) is 79.4 Å². The number of fused-ring (bicyclic) bond motifs is 2. The molecular formula is C26H27ClFN5O2. The summed E-state index contributed by atoms with van der Waals surface area (Å²) in [5.41, 5.74) is 1.77. The van der Waals surface area contributed by atoms with E-state index in [2.05, 4.69) is 32.5 Å². The Morgan fingerprint density at radius 1 is 1.26 bits per heavy atom. The Morgan fingerprint density at radius 2 is 2.06 bits per heavy atom. The molecule has 9 heteroatoms. The van der Waals surface area contributed by atoms with E-state index >= 15 is 0 Å². The molecule has 0 spiro atoms. The van der Waals surface area contributed by atoms with Crippen LogP contribution in [0.25, 0.3) is 10.9 Å². The number of hydrogen-bond donors (Lipinski definition) is 2. The van der Waals surface area contributed by atoms with Crippen LogP contribution in [0.1, 0.15) is 13.3 Å². The Balaban J connectivity index is 1.39. The van der Waals surface area contributed by atoms with Gasteiger partial charge in [-0.2, -0.15) is 0 Å². The Hall–Kier alpha value is -3.23. The van der Waals surface area contributed by atoms with Crippen molar-refractivity contribution in [1.82, 2.24) is 14.9 Å². The first-order valence-electron chi connectivity index (χ1n) is 11.7. The molecular weight excluding hydrogens is 469 g/mol. The summed E-state index contributed by atoms with van der Waals surface area (Å²) < 4.78 is 19.7. The summed E-state index contributed by atoms with van der Waals surface area (Å²) in [6.07, 6.45) is 5.57. The molecule has 1 saturated heterocycles. The van der Waals surface area contributed by atoms with Crippen molar-refractivity contribution in [3.05, 3.63) is 59.7 Å². The van der Waals surface area contributed by atoms with E-state index in [1.165, 1.54) is 37.6 Å². The van der Waals surface area contributed by atoms with Crippen LogP contribution in [-0.2, 0) is 4.79 Å². The lowest BCUT2D eigenvalue weighted by Crippen LogP contribution is -2.19. The molecule has 1 saturated carbocycles. The van der Waals surface area contributed by atoms with Crippen molar-refractivity contribution in [3.8, 4) is 5.75 Å². The van der Waals surface area contributed by atoms with Crippen LogP contribution >= 0.6 is 11.6 Å². The summed E-state index contributed by atoms with van der Waals surface area (Å²) in [5, 5.41) is 6.74. The van der Waals surface area contributed by atoms with Gasteiger partial charge in [0.1, 0.15) is 23.7 Å². The van der Waals surface area contributed by atoms with Crippen molar-refractivity contribution >= 4 is 45.6 Å². The van der Waals surface area contributed by atoms with Gasteiger partial charge in [-0.15, -0.1) is 0 Å². The number of anilines is 3. The number of rotatable bonds is 8. The maximum Gasteiger partial charge on any atom is 0.248 e. The second-order valence-electron chi connectivity index (χ2n) is 9.18. The number of carbonyl (C=O) groups excluding carboxylic acids is 1. The van der Waals surface area contributed by atoms with Crippen molar-refractivity contribution in [2.75, 3.05) is 37.4 Å². The fraction of sp³-hybridized carbons (Fsp3) is 0.346. The molecule has 2 N–H and O–H groups in total. The Bertz CT molecular complexity index is 1290. The van der Waals surface area contributed by atoms with E-state index in [0.717, 1.165) is 18.3 Å². The van der Waals surface area contributed by atoms with Gasteiger partial charge in [-0.05, 0) is 68.5 Å². The lowest BCUT2D eigenvalue weighted by Gasteiger charge is -2.16. The van der Waals surface area contributed by atoms with E-state index in [9.17, 15) is 9.18 Å². The molecule has 1 aromatic heterocycles. The summed E-state index contributed by atoms with van der Waals surface area (Å²) in [4.78, 5) is 23.5. The van der Waals surface area contributed by atoms with Gasteiger partial charge in [0.15, 0.2) is 0 Å². The number of ether oxygens (including phenoxy) is 1. The number of nitrogens with zero attached hydrogens (tertiary/aromatic N) is 3. The fourth-order valence-corrected chi connectivity index (χ4v) is 5.21. The molecule has 182 valence electrons. The molecule has 1 aliphatic heterocycles. The molecule has 2 heterocycles. The van der Waals surface area contributed by atoms with Gasteiger partial charge in [0, 0.05) is 30.2 Å². The minimum Gasteiger partial charge on any atom is -0.491 e. The molecule has 5 rings (SSSR count). The highest BCUT2D eigenvalue weighted by Gasteiger charge is 2.53. The van der Waals surface area contributed by atoms with E-state index in [1.54, 1.807) is 25.1 Å². The van der Waals surface area contributed by atoms with Crippen LogP contribution in [-0.4, -0.2) is 47.5 Å². The zero-order valence-corrected chi connectivity index (χ0v) is 20.3. The number of halogens is 2. The summed E-state index contributed by atoms with van der Waals surface area (Å²) in [5.74, 6) is 2.60. The number of likely N-dealkylation sites (tertiary alicyclic amines) is 1. The molecule has 2 aromatic carbocycles. The van der Waals surface area contributed by atoms with Gasteiger partial charge < -0.3 is 20.3 Å². The average Bonchev–Trinajstić information content (AvgIpc) is 3.28. The maximum absolute atomic E-state index is 13.6.